The van der Waals surface area contributed by atoms with E-state index in [0.29, 0.717) is 16.9 Å². The summed E-state index contributed by atoms with van der Waals surface area (Å²) in [7, 11) is 0. The molecular formula is C19H20N6O2. The predicted molar refractivity (Wildman–Crippen MR) is 101 cm³/mol. The number of para-hydroxylation sites is 1. The first kappa shape index (κ1) is 17.1. The van der Waals surface area contributed by atoms with Gasteiger partial charge in [-0.1, -0.05) is 12.1 Å². The Morgan fingerprint density at radius 2 is 1.89 bits per heavy atom. The Morgan fingerprint density at radius 3 is 2.67 bits per heavy atom. The molecule has 3 heterocycles. The van der Waals surface area contributed by atoms with Gasteiger partial charge in [-0.3, -0.25) is 9.59 Å². The molecule has 1 amide bonds. The van der Waals surface area contributed by atoms with Crippen molar-refractivity contribution in [3.05, 3.63) is 48.3 Å². The van der Waals surface area contributed by atoms with Crippen molar-refractivity contribution in [2.75, 3.05) is 23.3 Å². The quantitative estimate of drug-likeness (QED) is 0.714. The van der Waals surface area contributed by atoms with Crippen molar-refractivity contribution in [3.8, 4) is 0 Å². The second kappa shape index (κ2) is 7.14. The number of fused-ring (bicyclic) bond motifs is 1. The highest BCUT2D eigenvalue weighted by atomic mass is 16.2. The zero-order valence-corrected chi connectivity index (χ0v) is 15.0. The van der Waals surface area contributed by atoms with Crippen LogP contribution in [-0.2, 0) is 4.79 Å². The molecule has 0 aliphatic carbocycles. The molecule has 1 N–H and O–H groups in total. The van der Waals surface area contributed by atoms with Gasteiger partial charge >= 0.3 is 0 Å². The van der Waals surface area contributed by atoms with E-state index < -0.39 is 0 Å². The minimum absolute atomic E-state index is 0.0365. The maximum atomic E-state index is 12.6. The Kier molecular flexibility index (Phi) is 4.53. The monoisotopic (exact) mass is 364 g/mol. The zero-order valence-electron chi connectivity index (χ0n) is 15.0. The summed E-state index contributed by atoms with van der Waals surface area (Å²) in [4.78, 5) is 26.5. The first-order chi connectivity index (χ1) is 13.1. The Labute approximate surface area is 156 Å². The van der Waals surface area contributed by atoms with E-state index in [2.05, 4.69) is 25.5 Å². The average molecular weight is 364 g/mol. The highest BCUT2D eigenvalue weighted by Crippen LogP contribution is 2.24. The van der Waals surface area contributed by atoms with Crippen molar-refractivity contribution in [2.24, 2.45) is 5.92 Å². The van der Waals surface area contributed by atoms with Crippen LogP contribution in [-0.4, -0.2) is 44.6 Å². The number of amides is 1. The molecule has 1 aromatic carbocycles. The van der Waals surface area contributed by atoms with Crippen molar-refractivity contribution in [1.82, 2.24) is 19.8 Å². The van der Waals surface area contributed by atoms with E-state index in [1.807, 2.05) is 18.2 Å². The molecule has 1 fully saturated rings. The molecule has 0 saturated carbocycles. The SMILES string of the molecule is CC(=O)c1ccccc1NC(=O)C1CCN(c2ccc3nncn3n2)CC1. The lowest BCUT2D eigenvalue weighted by atomic mass is 9.95. The molecule has 0 unspecified atom stereocenters. The highest BCUT2D eigenvalue weighted by molar-refractivity contribution is 6.04. The standard InChI is InChI=1S/C19H20N6O2/c1-13(26)15-4-2-3-5-16(15)21-19(27)14-8-10-24(11-9-14)18-7-6-17-22-20-12-25(17)23-18/h2-7,12,14H,8-11H2,1H3,(H,21,27). The number of piperidine rings is 1. The Morgan fingerprint density at radius 1 is 1.11 bits per heavy atom. The van der Waals surface area contributed by atoms with Gasteiger partial charge in [0, 0.05) is 24.6 Å². The molecule has 0 spiro atoms. The van der Waals surface area contributed by atoms with Crippen LogP contribution in [0.5, 0.6) is 0 Å². The van der Waals surface area contributed by atoms with Crippen molar-refractivity contribution in [2.45, 2.75) is 19.8 Å². The number of benzene rings is 1. The second-order valence-corrected chi connectivity index (χ2v) is 6.68. The number of carbonyl (C=O) groups excluding carboxylic acids is 2. The number of nitrogens with zero attached hydrogens (tertiary/aromatic N) is 5. The second-order valence-electron chi connectivity index (χ2n) is 6.68. The minimum Gasteiger partial charge on any atom is -0.355 e. The fourth-order valence-corrected chi connectivity index (χ4v) is 3.39. The maximum absolute atomic E-state index is 12.6. The smallest absolute Gasteiger partial charge is 0.227 e. The Bertz CT molecular complexity index is 991. The topological polar surface area (TPSA) is 92.5 Å². The number of carbonyl (C=O) groups is 2. The third kappa shape index (κ3) is 3.51. The fraction of sp³-hybridized carbons (Fsp3) is 0.316. The van der Waals surface area contributed by atoms with Gasteiger partial charge in [-0.25, -0.2) is 0 Å². The van der Waals surface area contributed by atoms with Gasteiger partial charge in [0.25, 0.3) is 0 Å². The molecule has 1 aliphatic rings. The van der Waals surface area contributed by atoms with Crippen LogP contribution in [0.2, 0.25) is 0 Å². The molecule has 8 heteroatoms. The van der Waals surface area contributed by atoms with Gasteiger partial charge in [0.2, 0.25) is 5.91 Å². The molecule has 1 saturated heterocycles. The fourth-order valence-electron chi connectivity index (χ4n) is 3.39. The molecule has 0 radical (unpaired) electrons. The summed E-state index contributed by atoms with van der Waals surface area (Å²) in [6.45, 7) is 2.99. The summed E-state index contributed by atoms with van der Waals surface area (Å²) in [6, 6.07) is 10.9. The van der Waals surface area contributed by atoms with Crippen LogP contribution in [0.1, 0.15) is 30.1 Å². The highest BCUT2D eigenvalue weighted by Gasteiger charge is 2.26. The van der Waals surface area contributed by atoms with Crippen LogP contribution in [0.3, 0.4) is 0 Å². The van der Waals surface area contributed by atoms with E-state index in [-0.39, 0.29) is 17.6 Å². The first-order valence-electron chi connectivity index (χ1n) is 8.94. The van der Waals surface area contributed by atoms with Gasteiger partial charge in [-0.05, 0) is 44.0 Å². The number of hydrogen-bond donors (Lipinski definition) is 1. The summed E-state index contributed by atoms with van der Waals surface area (Å²) < 4.78 is 1.65. The molecule has 138 valence electrons. The van der Waals surface area contributed by atoms with Gasteiger partial charge in [-0.15, -0.1) is 15.3 Å². The van der Waals surface area contributed by atoms with Crippen molar-refractivity contribution < 1.29 is 9.59 Å². The molecule has 27 heavy (non-hydrogen) atoms. The molecule has 0 atom stereocenters. The Balaban J connectivity index is 1.40. The van der Waals surface area contributed by atoms with Gasteiger partial charge < -0.3 is 10.2 Å². The average Bonchev–Trinajstić information content (AvgIpc) is 3.16. The van der Waals surface area contributed by atoms with E-state index in [1.54, 1.807) is 29.0 Å². The molecule has 3 aromatic rings. The molecule has 8 nitrogen and oxygen atoms in total. The summed E-state index contributed by atoms with van der Waals surface area (Å²) in [5.41, 5.74) is 1.82. The summed E-state index contributed by atoms with van der Waals surface area (Å²) >= 11 is 0. The van der Waals surface area contributed by atoms with Crippen LogP contribution in [0.15, 0.2) is 42.7 Å². The third-order valence-electron chi connectivity index (χ3n) is 4.90. The number of nitrogens with one attached hydrogen (secondary N) is 1. The molecule has 1 aliphatic heterocycles. The van der Waals surface area contributed by atoms with E-state index in [4.69, 9.17) is 0 Å². The number of hydrogen-bond acceptors (Lipinski definition) is 6. The van der Waals surface area contributed by atoms with Crippen molar-refractivity contribution >= 4 is 28.8 Å². The molecule has 0 bridgehead atoms. The van der Waals surface area contributed by atoms with E-state index in [9.17, 15) is 9.59 Å². The summed E-state index contributed by atoms with van der Waals surface area (Å²) in [6.07, 6.45) is 3.04. The predicted octanol–water partition coefficient (Wildman–Crippen LogP) is 2.18. The largest absolute Gasteiger partial charge is 0.355 e. The number of rotatable bonds is 4. The number of anilines is 2. The zero-order chi connectivity index (χ0) is 18.8. The van der Waals surface area contributed by atoms with Crippen molar-refractivity contribution in [1.29, 1.82) is 0 Å². The van der Waals surface area contributed by atoms with Gasteiger partial charge in [-0.2, -0.15) is 4.52 Å². The van der Waals surface area contributed by atoms with E-state index in [1.165, 1.54) is 6.92 Å². The number of ketones is 1. The van der Waals surface area contributed by atoms with E-state index >= 15 is 0 Å². The summed E-state index contributed by atoms with van der Waals surface area (Å²) in [5, 5.41) is 15.2. The normalized spacial score (nSPS) is 15.1. The summed E-state index contributed by atoms with van der Waals surface area (Å²) in [5.74, 6) is 0.671. The van der Waals surface area contributed by atoms with Gasteiger partial charge in [0.15, 0.2) is 11.4 Å². The number of Topliss-reactive ketones (excluding diaryl/α,β-unsaturated/α-hetero) is 1. The van der Waals surface area contributed by atoms with Crippen LogP contribution in [0, 0.1) is 5.92 Å². The lowest BCUT2D eigenvalue weighted by molar-refractivity contribution is -0.120. The van der Waals surface area contributed by atoms with Gasteiger partial charge in [0.05, 0.1) is 5.69 Å². The lowest BCUT2D eigenvalue weighted by Gasteiger charge is -2.32. The minimum atomic E-state index is -0.0834. The number of aromatic nitrogens is 4. The van der Waals surface area contributed by atoms with Crippen LogP contribution in [0.25, 0.3) is 5.65 Å². The van der Waals surface area contributed by atoms with Crippen LogP contribution in [0.4, 0.5) is 11.5 Å². The molecule has 2 aromatic heterocycles. The third-order valence-corrected chi connectivity index (χ3v) is 4.90. The van der Waals surface area contributed by atoms with Crippen molar-refractivity contribution in [3.63, 3.8) is 0 Å². The van der Waals surface area contributed by atoms with E-state index in [0.717, 1.165) is 31.7 Å². The molecular weight excluding hydrogens is 344 g/mol. The lowest BCUT2D eigenvalue weighted by Crippen LogP contribution is -2.38. The Hall–Kier alpha value is -3.29. The molecule has 4 rings (SSSR count). The maximum Gasteiger partial charge on any atom is 0.227 e. The van der Waals surface area contributed by atoms with Gasteiger partial charge in [0.1, 0.15) is 12.1 Å². The van der Waals surface area contributed by atoms with Crippen LogP contribution >= 0.6 is 0 Å². The van der Waals surface area contributed by atoms with Crippen LogP contribution < -0.4 is 10.2 Å². The first-order valence-corrected chi connectivity index (χ1v) is 8.94.